The van der Waals surface area contributed by atoms with Crippen molar-refractivity contribution in [1.82, 2.24) is 20.4 Å². The van der Waals surface area contributed by atoms with Crippen LogP contribution in [0.3, 0.4) is 0 Å². The zero-order chi connectivity index (χ0) is 14.5. The first-order valence-electron chi connectivity index (χ1n) is 6.82. The molecule has 0 radical (unpaired) electrons. The maximum atomic E-state index is 11.5. The summed E-state index contributed by atoms with van der Waals surface area (Å²) in [7, 11) is 1.71. The van der Waals surface area contributed by atoms with Gasteiger partial charge in [0.2, 0.25) is 5.91 Å². The molecule has 2 rings (SSSR count). The zero-order valence-corrected chi connectivity index (χ0v) is 11.6. The molecule has 0 saturated heterocycles. The van der Waals surface area contributed by atoms with E-state index in [0.29, 0.717) is 31.2 Å². The number of carbonyl (C=O) groups is 2. The lowest BCUT2D eigenvalue weighted by molar-refractivity contribution is -0.121. The molecule has 0 atom stereocenters. The smallest absolute Gasteiger partial charge is 0.339 e. The molecule has 0 unspecified atom stereocenters. The normalized spacial score (nSPS) is 14.2. The molecule has 1 aliphatic carbocycles. The van der Waals surface area contributed by atoms with Crippen LogP contribution in [0.25, 0.3) is 0 Å². The van der Waals surface area contributed by atoms with Crippen molar-refractivity contribution in [3.8, 4) is 0 Å². The summed E-state index contributed by atoms with van der Waals surface area (Å²) in [5.74, 6) is -0.875. The minimum absolute atomic E-state index is 0.0982. The van der Waals surface area contributed by atoms with Crippen LogP contribution in [-0.4, -0.2) is 39.4 Å². The summed E-state index contributed by atoms with van der Waals surface area (Å²) in [6.45, 7) is 1.10. The van der Waals surface area contributed by atoms with E-state index in [1.54, 1.807) is 11.7 Å². The molecule has 1 aliphatic rings. The molecule has 1 amide bonds. The molecule has 0 spiro atoms. The molecule has 1 heterocycles. The molecule has 20 heavy (non-hydrogen) atoms. The fourth-order valence-corrected chi connectivity index (χ4v) is 1.96. The van der Waals surface area contributed by atoms with Gasteiger partial charge in [0.1, 0.15) is 5.56 Å². The highest BCUT2D eigenvalue weighted by atomic mass is 16.4. The Kier molecular flexibility index (Phi) is 4.73. The molecule has 1 saturated carbocycles. The van der Waals surface area contributed by atoms with E-state index in [0.717, 1.165) is 19.3 Å². The van der Waals surface area contributed by atoms with Crippen molar-refractivity contribution in [3.63, 3.8) is 0 Å². The monoisotopic (exact) mass is 280 g/mol. The quantitative estimate of drug-likeness (QED) is 0.594. The van der Waals surface area contributed by atoms with Gasteiger partial charge < -0.3 is 15.7 Å². The number of aryl methyl sites for hydroxylation is 1. The fraction of sp³-hybridized carbons (Fsp3) is 0.615. The van der Waals surface area contributed by atoms with Crippen LogP contribution in [0, 0.1) is 0 Å². The van der Waals surface area contributed by atoms with Gasteiger partial charge in [0, 0.05) is 26.1 Å². The van der Waals surface area contributed by atoms with E-state index < -0.39 is 5.97 Å². The van der Waals surface area contributed by atoms with Crippen LogP contribution in [-0.2, 0) is 18.4 Å². The van der Waals surface area contributed by atoms with E-state index in [9.17, 15) is 9.59 Å². The molecule has 110 valence electrons. The first-order chi connectivity index (χ1) is 9.58. The lowest BCUT2D eigenvalue weighted by atomic mass is 10.2. The Hall–Kier alpha value is -1.89. The summed E-state index contributed by atoms with van der Waals surface area (Å²) in [5, 5.41) is 19.0. The summed E-state index contributed by atoms with van der Waals surface area (Å²) < 4.78 is 1.55. The third-order valence-corrected chi connectivity index (χ3v) is 3.28. The second-order valence-electron chi connectivity index (χ2n) is 5.06. The fourth-order valence-electron chi connectivity index (χ4n) is 1.96. The van der Waals surface area contributed by atoms with E-state index in [4.69, 9.17) is 5.11 Å². The number of nitrogens with one attached hydrogen (secondary N) is 2. The molecule has 0 aromatic carbocycles. The van der Waals surface area contributed by atoms with E-state index >= 15 is 0 Å². The van der Waals surface area contributed by atoms with Crippen molar-refractivity contribution in [1.29, 1.82) is 0 Å². The molecule has 3 N–H and O–H groups in total. The summed E-state index contributed by atoms with van der Waals surface area (Å²) in [6, 6.07) is 0.406. The van der Waals surface area contributed by atoms with Crippen molar-refractivity contribution >= 4 is 11.9 Å². The van der Waals surface area contributed by atoms with Crippen molar-refractivity contribution in [3.05, 3.63) is 17.5 Å². The number of hydrogen-bond acceptors (Lipinski definition) is 4. The number of rotatable bonds is 8. The standard InChI is InChI=1S/C13H20N4O3/c1-17-11(10(7-15-17)13(19)20)8-14-6-2-3-12(18)16-9-4-5-9/h7,9,14H,2-6,8H2,1H3,(H,16,18)(H,19,20). The third kappa shape index (κ3) is 4.06. The first kappa shape index (κ1) is 14.5. The minimum atomic E-state index is -0.973. The predicted molar refractivity (Wildman–Crippen MR) is 72.3 cm³/mol. The summed E-state index contributed by atoms with van der Waals surface area (Å²) in [4.78, 5) is 22.4. The van der Waals surface area contributed by atoms with E-state index in [2.05, 4.69) is 15.7 Å². The van der Waals surface area contributed by atoms with Crippen LogP contribution < -0.4 is 10.6 Å². The van der Waals surface area contributed by atoms with Gasteiger partial charge in [-0.2, -0.15) is 5.10 Å². The topological polar surface area (TPSA) is 96.2 Å². The Morgan fingerprint density at radius 2 is 2.25 bits per heavy atom. The third-order valence-electron chi connectivity index (χ3n) is 3.28. The number of nitrogens with zero attached hydrogens (tertiary/aromatic N) is 2. The Labute approximate surface area is 117 Å². The molecule has 1 aromatic rings. The van der Waals surface area contributed by atoms with Crippen molar-refractivity contribution < 1.29 is 14.7 Å². The molecule has 0 bridgehead atoms. The van der Waals surface area contributed by atoms with Crippen molar-refractivity contribution in [2.45, 2.75) is 38.3 Å². The molecular formula is C13H20N4O3. The van der Waals surface area contributed by atoms with Crippen LogP contribution in [0.1, 0.15) is 41.7 Å². The highest BCUT2D eigenvalue weighted by Gasteiger charge is 2.22. The van der Waals surface area contributed by atoms with Gasteiger partial charge in [-0.25, -0.2) is 4.79 Å². The molecule has 7 heteroatoms. The van der Waals surface area contributed by atoms with Gasteiger partial charge in [0.05, 0.1) is 11.9 Å². The summed E-state index contributed by atoms with van der Waals surface area (Å²) in [5.41, 5.74) is 0.853. The SMILES string of the molecule is Cn1ncc(C(=O)O)c1CNCCCC(=O)NC1CC1. The van der Waals surface area contributed by atoms with Crippen molar-refractivity contribution in [2.75, 3.05) is 6.54 Å². The first-order valence-corrected chi connectivity index (χ1v) is 6.82. The molecule has 1 fully saturated rings. The maximum absolute atomic E-state index is 11.5. The van der Waals surface area contributed by atoms with E-state index in [1.165, 1.54) is 6.20 Å². The number of hydrogen-bond donors (Lipinski definition) is 3. The van der Waals surface area contributed by atoms with E-state index in [-0.39, 0.29) is 11.5 Å². The Bertz CT molecular complexity index is 494. The van der Waals surface area contributed by atoms with Gasteiger partial charge in [0.15, 0.2) is 0 Å². The number of carboxylic acids is 1. The second-order valence-corrected chi connectivity index (χ2v) is 5.06. The average Bonchev–Trinajstić information content (AvgIpc) is 3.11. The van der Waals surface area contributed by atoms with Crippen LogP contribution in [0.2, 0.25) is 0 Å². The van der Waals surface area contributed by atoms with E-state index in [1.807, 2.05) is 0 Å². The average molecular weight is 280 g/mol. The molecule has 0 aliphatic heterocycles. The van der Waals surface area contributed by atoms with Gasteiger partial charge in [-0.3, -0.25) is 9.48 Å². The van der Waals surface area contributed by atoms with Gasteiger partial charge in [-0.1, -0.05) is 0 Å². The molecule has 7 nitrogen and oxygen atoms in total. The maximum Gasteiger partial charge on any atom is 0.339 e. The number of amides is 1. The highest BCUT2D eigenvalue weighted by molar-refractivity contribution is 5.88. The van der Waals surface area contributed by atoms with Gasteiger partial charge >= 0.3 is 5.97 Å². The highest BCUT2D eigenvalue weighted by Crippen LogP contribution is 2.18. The lowest BCUT2D eigenvalue weighted by Gasteiger charge is -2.07. The zero-order valence-electron chi connectivity index (χ0n) is 11.6. The molecular weight excluding hydrogens is 260 g/mol. The summed E-state index contributed by atoms with van der Waals surface area (Å²) >= 11 is 0. The number of aromatic nitrogens is 2. The van der Waals surface area contributed by atoms with Gasteiger partial charge in [-0.15, -0.1) is 0 Å². The van der Waals surface area contributed by atoms with Crippen LogP contribution in [0.5, 0.6) is 0 Å². The number of aromatic carboxylic acids is 1. The second kappa shape index (κ2) is 6.51. The van der Waals surface area contributed by atoms with Crippen molar-refractivity contribution in [2.24, 2.45) is 7.05 Å². The Morgan fingerprint density at radius 3 is 2.90 bits per heavy atom. The molecule has 1 aromatic heterocycles. The lowest BCUT2D eigenvalue weighted by Crippen LogP contribution is -2.26. The van der Waals surface area contributed by atoms with Crippen LogP contribution in [0.15, 0.2) is 6.20 Å². The Morgan fingerprint density at radius 1 is 1.50 bits per heavy atom. The number of carboxylic acid groups (broad SMARTS) is 1. The van der Waals surface area contributed by atoms with Gasteiger partial charge in [0.25, 0.3) is 0 Å². The largest absolute Gasteiger partial charge is 0.478 e. The minimum Gasteiger partial charge on any atom is -0.478 e. The van der Waals surface area contributed by atoms with Crippen LogP contribution in [0.4, 0.5) is 0 Å². The Balaban J connectivity index is 1.66. The van der Waals surface area contributed by atoms with Crippen LogP contribution >= 0.6 is 0 Å². The predicted octanol–water partition coefficient (Wildman–Crippen LogP) is 0.267. The summed E-state index contributed by atoms with van der Waals surface area (Å²) in [6.07, 6.45) is 4.78. The van der Waals surface area contributed by atoms with Gasteiger partial charge in [-0.05, 0) is 25.8 Å². The number of carbonyl (C=O) groups excluding carboxylic acids is 1.